The Bertz CT molecular complexity index is 940. The highest BCUT2D eigenvalue weighted by Crippen LogP contribution is 2.32. The molecule has 4 rings (SSSR count). The van der Waals surface area contributed by atoms with Gasteiger partial charge in [0.1, 0.15) is 5.70 Å². The molecule has 0 saturated carbocycles. The molecule has 2 heterocycles. The summed E-state index contributed by atoms with van der Waals surface area (Å²) in [6, 6.07) is 17.5. The number of imide groups is 1. The Morgan fingerprint density at radius 2 is 1.58 bits per heavy atom. The minimum atomic E-state index is -0.559. The lowest BCUT2D eigenvalue weighted by Crippen LogP contribution is -2.29. The Hall–Kier alpha value is -3.54. The lowest BCUT2D eigenvalue weighted by Gasteiger charge is -2.21. The molecule has 0 N–H and O–H groups in total. The first kappa shape index (κ1) is 16.0. The fourth-order valence-corrected chi connectivity index (χ4v) is 3.07. The number of ketones is 1. The molecule has 2 aliphatic rings. The van der Waals surface area contributed by atoms with Gasteiger partial charge in [-0.3, -0.25) is 14.5 Å². The normalized spacial score (nSPS) is 16.7. The van der Waals surface area contributed by atoms with Gasteiger partial charge in [0, 0.05) is 24.6 Å². The van der Waals surface area contributed by atoms with E-state index < -0.39 is 11.9 Å². The van der Waals surface area contributed by atoms with Gasteiger partial charge in [-0.15, -0.1) is 0 Å². The number of hydrogen-bond donors (Lipinski definition) is 0. The Labute approximate surface area is 150 Å². The van der Waals surface area contributed by atoms with Gasteiger partial charge in [0.2, 0.25) is 0 Å². The number of allylic oxidation sites excluding steroid dienone is 1. The van der Waals surface area contributed by atoms with Crippen molar-refractivity contribution in [3.8, 4) is 0 Å². The van der Waals surface area contributed by atoms with Crippen LogP contribution in [0.3, 0.4) is 0 Å². The van der Waals surface area contributed by atoms with Crippen molar-refractivity contribution in [1.29, 1.82) is 0 Å². The van der Waals surface area contributed by atoms with E-state index in [1.807, 2.05) is 36.4 Å². The number of rotatable bonds is 3. The van der Waals surface area contributed by atoms with Crippen LogP contribution >= 0.6 is 0 Å². The van der Waals surface area contributed by atoms with Gasteiger partial charge in [-0.05, 0) is 5.56 Å². The summed E-state index contributed by atoms with van der Waals surface area (Å²) in [4.78, 5) is 39.0. The topological polar surface area (TPSA) is 70.1 Å². The van der Waals surface area contributed by atoms with Crippen molar-refractivity contribution >= 4 is 23.4 Å². The van der Waals surface area contributed by atoms with E-state index in [-0.39, 0.29) is 23.5 Å². The first-order valence-corrected chi connectivity index (χ1v) is 8.16. The van der Waals surface area contributed by atoms with Crippen molar-refractivity contribution < 1.29 is 14.4 Å². The van der Waals surface area contributed by atoms with Crippen LogP contribution in [0.15, 0.2) is 77.0 Å². The van der Waals surface area contributed by atoms with Crippen molar-refractivity contribution in [2.24, 2.45) is 5.10 Å². The van der Waals surface area contributed by atoms with Crippen LogP contribution < -0.4 is 0 Å². The predicted molar refractivity (Wildman–Crippen MR) is 95.4 cm³/mol. The van der Waals surface area contributed by atoms with E-state index in [1.165, 1.54) is 7.05 Å². The van der Waals surface area contributed by atoms with Crippen molar-refractivity contribution in [2.45, 2.75) is 6.42 Å². The number of fused-ring (bicyclic) bond motifs is 1. The molecule has 2 aromatic rings. The molecule has 2 aromatic carbocycles. The average molecular weight is 345 g/mol. The van der Waals surface area contributed by atoms with Crippen molar-refractivity contribution in [1.82, 2.24) is 9.91 Å². The second kappa shape index (κ2) is 6.07. The van der Waals surface area contributed by atoms with Crippen LogP contribution in [0.5, 0.6) is 0 Å². The molecule has 128 valence electrons. The third-order valence-electron chi connectivity index (χ3n) is 4.45. The summed E-state index contributed by atoms with van der Waals surface area (Å²) in [6.45, 7) is 0. The zero-order valence-electron chi connectivity index (χ0n) is 14.0. The Kier molecular flexibility index (Phi) is 3.73. The maximum Gasteiger partial charge on any atom is 0.352 e. The first-order valence-electron chi connectivity index (χ1n) is 8.16. The largest absolute Gasteiger partial charge is 0.352 e. The predicted octanol–water partition coefficient (Wildman–Crippen LogP) is 2.83. The summed E-state index contributed by atoms with van der Waals surface area (Å²) < 4.78 is 0. The van der Waals surface area contributed by atoms with Crippen LogP contribution in [-0.4, -0.2) is 40.4 Å². The van der Waals surface area contributed by atoms with Crippen LogP contribution in [0.25, 0.3) is 0 Å². The van der Waals surface area contributed by atoms with Crippen molar-refractivity contribution in [3.63, 3.8) is 0 Å². The number of Topliss-reactive ketones (excluding diaryl/α,β-unsaturated/α-hetero) is 1. The summed E-state index contributed by atoms with van der Waals surface area (Å²) in [5, 5.41) is 5.40. The molecule has 26 heavy (non-hydrogen) atoms. The highest BCUT2D eigenvalue weighted by Gasteiger charge is 2.45. The smallest absolute Gasteiger partial charge is 0.289 e. The second-order valence-corrected chi connectivity index (χ2v) is 6.07. The molecule has 6 nitrogen and oxygen atoms in total. The molecule has 6 heteroatoms. The second-order valence-electron chi connectivity index (χ2n) is 6.07. The number of hydrogen-bond acceptors (Lipinski definition) is 4. The molecular formula is C20H15N3O3. The maximum absolute atomic E-state index is 13.1. The lowest BCUT2D eigenvalue weighted by molar-refractivity contribution is -0.122. The third-order valence-corrected chi connectivity index (χ3v) is 4.45. The highest BCUT2D eigenvalue weighted by molar-refractivity contribution is 6.23. The van der Waals surface area contributed by atoms with E-state index in [1.54, 1.807) is 24.3 Å². The molecule has 3 amide bonds. The lowest BCUT2D eigenvalue weighted by atomic mass is 9.93. The summed E-state index contributed by atoms with van der Waals surface area (Å²) in [5.41, 5.74) is 2.18. The van der Waals surface area contributed by atoms with Crippen LogP contribution in [-0.2, 0) is 4.79 Å². The van der Waals surface area contributed by atoms with Crippen LogP contribution in [0.1, 0.15) is 22.3 Å². The average Bonchev–Trinajstić information content (AvgIpc) is 2.92. The van der Waals surface area contributed by atoms with E-state index in [2.05, 4.69) is 5.10 Å². The van der Waals surface area contributed by atoms with Gasteiger partial charge in [-0.25, -0.2) is 4.79 Å². The molecule has 0 radical (unpaired) electrons. The fourth-order valence-electron chi connectivity index (χ4n) is 3.07. The van der Waals surface area contributed by atoms with Crippen molar-refractivity contribution in [2.75, 3.05) is 7.05 Å². The summed E-state index contributed by atoms with van der Waals surface area (Å²) in [6.07, 6.45) is 0.191. The number of carbonyl (C=O) groups excluding carboxylic acids is 3. The van der Waals surface area contributed by atoms with Crippen LogP contribution in [0, 0.1) is 0 Å². The SMILES string of the molecule is CN1C(=O)C2=C(C(=O)c3ccccc3)CC(c3ccccc3)=NN2C1=O. The van der Waals surface area contributed by atoms with Gasteiger partial charge in [0.15, 0.2) is 5.78 Å². The summed E-state index contributed by atoms with van der Waals surface area (Å²) in [7, 11) is 1.39. The van der Waals surface area contributed by atoms with Crippen LogP contribution in [0.2, 0.25) is 0 Å². The summed E-state index contributed by atoms with van der Waals surface area (Å²) >= 11 is 0. The number of urea groups is 1. The maximum atomic E-state index is 13.1. The zero-order chi connectivity index (χ0) is 18.3. The molecule has 1 fully saturated rings. The van der Waals surface area contributed by atoms with Gasteiger partial charge in [0.05, 0.1) is 5.71 Å². The minimum absolute atomic E-state index is 0.0473. The monoisotopic (exact) mass is 345 g/mol. The number of carbonyl (C=O) groups is 3. The quantitative estimate of drug-likeness (QED) is 0.634. The molecule has 0 aliphatic carbocycles. The highest BCUT2D eigenvalue weighted by atomic mass is 16.2. The molecule has 0 atom stereocenters. The Morgan fingerprint density at radius 1 is 0.962 bits per heavy atom. The van der Waals surface area contributed by atoms with E-state index in [0.29, 0.717) is 11.3 Å². The molecule has 0 unspecified atom stereocenters. The standard InChI is InChI=1S/C20H15N3O3/c1-22-19(25)17-15(18(24)14-10-6-3-7-11-14)12-16(21-23(17)20(22)26)13-8-4-2-5-9-13/h2-11H,12H2,1H3. The molecule has 1 saturated heterocycles. The molecular weight excluding hydrogens is 330 g/mol. The van der Waals surface area contributed by atoms with Crippen LogP contribution in [0.4, 0.5) is 4.79 Å². The number of hydrazone groups is 1. The number of likely N-dealkylation sites (N-methyl/N-ethyl adjacent to an activating group) is 1. The van der Waals surface area contributed by atoms with E-state index >= 15 is 0 Å². The Balaban J connectivity index is 1.85. The van der Waals surface area contributed by atoms with E-state index in [4.69, 9.17) is 0 Å². The van der Waals surface area contributed by atoms with Gasteiger partial charge in [0.25, 0.3) is 5.91 Å². The number of benzene rings is 2. The van der Waals surface area contributed by atoms with Gasteiger partial charge < -0.3 is 0 Å². The number of amides is 3. The molecule has 0 spiro atoms. The summed E-state index contributed by atoms with van der Waals surface area (Å²) in [5.74, 6) is -0.782. The fraction of sp³-hybridized carbons (Fsp3) is 0.100. The Morgan fingerprint density at radius 3 is 2.23 bits per heavy atom. The zero-order valence-corrected chi connectivity index (χ0v) is 14.0. The first-order chi connectivity index (χ1) is 12.6. The number of nitrogens with zero attached hydrogens (tertiary/aromatic N) is 3. The molecule has 0 bridgehead atoms. The van der Waals surface area contributed by atoms with Gasteiger partial charge in [-0.1, -0.05) is 60.7 Å². The molecule has 0 aromatic heterocycles. The molecule has 2 aliphatic heterocycles. The minimum Gasteiger partial charge on any atom is -0.289 e. The third kappa shape index (κ3) is 2.43. The van der Waals surface area contributed by atoms with Crippen molar-refractivity contribution in [3.05, 3.63) is 83.1 Å². The van der Waals surface area contributed by atoms with Gasteiger partial charge in [-0.2, -0.15) is 10.1 Å². The van der Waals surface area contributed by atoms with Gasteiger partial charge >= 0.3 is 6.03 Å². The van der Waals surface area contributed by atoms with E-state index in [9.17, 15) is 14.4 Å². The van der Waals surface area contributed by atoms with E-state index in [0.717, 1.165) is 15.5 Å².